The van der Waals surface area contributed by atoms with Crippen molar-refractivity contribution in [1.29, 1.82) is 0 Å². The summed E-state index contributed by atoms with van der Waals surface area (Å²) in [6, 6.07) is -0.379. The van der Waals surface area contributed by atoms with Gasteiger partial charge in [0.1, 0.15) is 30.5 Å². The molecule has 0 aromatic heterocycles. The van der Waals surface area contributed by atoms with Crippen LogP contribution in [0.4, 0.5) is 0 Å². The van der Waals surface area contributed by atoms with Crippen molar-refractivity contribution in [3.8, 4) is 0 Å². The van der Waals surface area contributed by atoms with Crippen molar-refractivity contribution in [2.24, 2.45) is 4.99 Å². The molecular weight excluding hydrogens is 306 g/mol. The first-order valence-electron chi connectivity index (χ1n) is 7.32. The van der Waals surface area contributed by atoms with E-state index in [4.69, 9.17) is 35.9 Å². The molecule has 22 heavy (non-hydrogen) atoms. The smallest absolute Gasteiger partial charge is 0.190 e. The van der Waals surface area contributed by atoms with E-state index in [-0.39, 0.29) is 24.4 Å². The maximum Gasteiger partial charge on any atom is 0.190 e. The fraction of sp³-hybridized carbons (Fsp3) is 0.800. The Hall–Kier alpha value is -0.660. The van der Waals surface area contributed by atoms with Crippen LogP contribution in [0, 0.1) is 0 Å². The number of hydrogen-bond donors (Lipinski definition) is 0. The van der Waals surface area contributed by atoms with Crippen LogP contribution in [0.5, 0.6) is 0 Å². The van der Waals surface area contributed by atoms with Crippen LogP contribution in [0.25, 0.3) is 0 Å². The minimum absolute atomic E-state index is 0.303. The van der Waals surface area contributed by atoms with Gasteiger partial charge in [0.15, 0.2) is 17.9 Å². The molecule has 3 rings (SSSR count). The van der Waals surface area contributed by atoms with Gasteiger partial charge in [-0.1, -0.05) is 6.08 Å². The second kappa shape index (κ2) is 5.46. The Kier molecular flexibility index (Phi) is 4.02. The van der Waals surface area contributed by atoms with Gasteiger partial charge >= 0.3 is 0 Å². The molecule has 3 aliphatic rings. The first kappa shape index (κ1) is 16.2. The third-order valence-corrected chi connectivity index (χ3v) is 4.08. The molecule has 0 aliphatic carbocycles. The van der Waals surface area contributed by atoms with Crippen molar-refractivity contribution in [3.63, 3.8) is 0 Å². The van der Waals surface area contributed by atoms with Crippen LogP contribution in [-0.4, -0.2) is 53.5 Å². The molecule has 0 saturated carbocycles. The zero-order valence-electron chi connectivity index (χ0n) is 13.1. The molecule has 0 amide bonds. The average Bonchev–Trinajstić information content (AvgIpc) is 2.89. The zero-order chi connectivity index (χ0) is 16.1. The Labute approximate surface area is 135 Å². The predicted octanol–water partition coefficient (Wildman–Crippen LogP) is 2.04. The fourth-order valence-electron chi connectivity index (χ4n) is 3.24. The van der Waals surface area contributed by atoms with Crippen molar-refractivity contribution >= 4 is 17.4 Å². The summed E-state index contributed by atoms with van der Waals surface area (Å²) in [5.74, 6) is -1.46. The number of rotatable bonds is 3. The molecule has 0 aromatic carbocycles. The summed E-state index contributed by atoms with van der Waals surface area (Å²) < 4.78 is 29.9. The van der Waals surface area contributed by atoms with Gasteiger partial charge < -0.3 is 23.7 Å². The topological polar surface area (TPSA) is 58.5 Å². The zero-order valence-corrected chi connectivity index (χ0v) is 14.0. The first-order chi connectivity index (χ1) is 10.3. The Bertz CT molecular complexity index is 516. The van der Waals surface area contributed by atoms with Crippen molar-refractivity contribution in [2.45, 2.75) is 76.0 Å². The Morgan fingerprint density at radius 2 is 1.64 bits per heavy atom. The Morgan fingerprint density at radius 1 is 1.05 bits per heavy atom. The lowest BCUT2D eigenvalue weighted by Crippen LogP contribution is -2.57. The van der Waals surface area contributed by atoms with Crippen LogP contribution < -0.4 is 0 Å². The molecule has 6 atom stereocenters. The van der Waals surface area contributed by atoms with Crippen LogP contribution in [-0.2, 0) is 23.7 Å². The van der Waals surface area contributed by atoms with Gasteiger partial charge in [-0.15, -0.1) is 6.58 Å². The van der Waals surface area contributed by atoms with E-state index in [9.17, 15) is 0 Å². The molecular formula is C15H21NO5S. The molecule has 7 heteroatoms. The van der Waals surface area contributed by atoms with Crippen LogP contribution >= 0.6 is 12.2 Å². The van der Waals surface area contributed by atoms with Crippen LogP contribution in [0.3, 0.4) is 0 Å². The van der Waals surface area contributed by atoms with Crippen molar-refractivity contribution in [1.82, 2.24) is 0 Å². The molecule has 3 fully saturated rings. The van der Waals surface area contributed by atoms with Gasteiger partial charge in [0.2, 0.25) is 0 Å². The van der Waals surface area contributed by atoms with Gasteiger partial charge in [0.05, 0.1) is 5.16 Å². The highest BCUT2D eigenvalue weighted by molar-refractivity contribution is 7.78. The maximum atomic E-state index is 6.06. The minimum atomic E-state index is -0.734. The number of hydrogen-bond acceptors (Lipinski definition) is 7. The van der Waals surface area contributed by atoms with Gasteiger partial charge in [-0.3, -0.25) is 0 Å². The van der Waals surface area contributed by atoms with E-state index >= 15 is 0 Å². The van der Waals surface area contributed by atoms with E-state index in [1.165, 1.54) is 0 Å². The highest BCUT2D eigenvalue weighted by Gasteiger charge is 2.61. The van der Waals surface area contributed by atoms with Crippen molar-refractivity contribution < 1.29 is 23.7 Å². The van der Waals surface area contributed by atoms with Gasteiger partial charge in [-0.25, -0.2) is 4.99 Å². The number of nitrogens with zero attached hydrogens (tertiary/aromatic N) is 1. The third kappa shape index (κ3) is 2.78. The van der Waals surface area contributed by atoms with Gasteiger partial charge in [0, 0.05) is 0 Å². The van der Waals surface area contributed by atoms with Crippen molar-refractivity contribution in [2.75, 3.05) is 0 Å². The van der Waals surface area contributed by atoms with Crippen LogP contribution in [0.2, 0.25) is 0 Å². The molecule has 0 spiro atoms. The van der Waals surface area contributed by atoms with Crippen LogP contribution in [0.15, 0.2) is 17.6 Å². The summed E-state index contributed by atoms with van der Waals surface area (Å²) in [6.45, 7) is 11.2. The van der Waals surface area contributed by atoms with Crippen molar-refractivity contribution in [3.05, 3.63) is 12.7 Å². The standard InChI is InChI=1S/C15H21NO5S/c1-6-8(16-7-22)9-10-11(19-14(2,3)18-10)12-13(17-9)21-15(4,5)20-12/h6,8-13H,1H2,2-5H3/t8-,9-,10+,11+,12-,13-/m1/s1. The summed E-state index contributed by atoms with van der Waals surface area (Å²) in [5, 5.41) is 2.38. The summed E-state index contributed by atoms with van der Waals surface area (Å²) >= 11 is 4.71. The number of ether oxygens (including phenoxy) is 5. The molecule has 122 valence electrons. The number of aliphatic imine (C=N–C) groups is 1. The SMILES string of the molecule is C=C[C@@H](N=C=S)[C@H]1O[C@@H]2OC(C)(C)O[C@@H]2[C@H]2OC(C)(C)O[C@H]21. The van der Waals surface area contributed by atoms with E-state index in [1.807, 2.05) is 27.7 Å². The quantitative estimate of drug-likeness (QED) is 0.449. The highest BCUT2D eigenvalue weighted by atomic mass is 32.1. The lowest BCUT2D eigenvalue weighted by atomic mass is 9.94. The fourth-order valence-corrected chi connectivity index (χ4v) is 3.36. The summed E-state index contributed by atoms with van der Waals surface area (Å²) in [6.07, 6.45) is -0.288. The molecule has 0 N–H and O–H groups in total. The van der Waals surface area contributed by atoms with Gasteiger partial charge in [-0.05, 0) is 39.9 Å². The van der Waals surface area contributed by atoms with Gasteiger partial charge in [-0.2, -0.15) is 0 Å². The number of fused-ring (bicyclic) bond motifs is 3. The largest absolute Gasteiger partial charge is 0.342 e. The molecule has 0 bridgehead atoms. The summed E-state index contributed by atoms with van der Waals surface area (Å²) in [4.78, 5) is 4.11. The van der Waals surface area contributed by atoms with E-state index in [0.717, 1.165) is 0 Å². The Balaban J connectivity index is 1.93. The second-order valence-electron chi connectivity index (χ2n) is 6.58. The lowest BCUT2D eigenvalue weighted by Gasteiger charge is -2.38. The van der Waals surface area contributed by atoms with E-state index in [2.05, 4.69) is 16.7 Å². The number of isothiocyanates is 1. The number of thiocarbonyl (C=S) groups is 1. The summed E-state index contributed by atoms with van der Waals surface area (Å²) in [7, 11) is 0. The molecule has 6 nitrogen and oxygen atoms in total. The van der Waals surface area contributed by atoms with E-state index < -0.39 is 24.0 Å². The summed E-state index contributed by atoms with van der Waals surface area (Å²) in [5.41, 5.74) is 0. The van der Waals surface area contributed by atoms with Gasteiger partial charge in [0.25, 0.3) is 0 Å². The maximum absolute atomic E-state index is 6.06. The molecule has 3 saturated heterocycles. The molecule has 3 aliphatic heterocycles. The van der Waals surface area contributed by atoms with Crippen LogP contribution in [0.1, 0.15) is 27.7 Å². The van der Waals surface area contributed by atoms with E-state index in [1.54, 1.807) is 6.08 Å². The predicted molar refractivity (Wildman–Crippen MR) is 81.5 cm³/mol. The monoisotopic (exact) mass is 327 g/mol. The second-order valence-corrected chi connectivity index (χ2v) is 6.76. The highest BCUT2D eigenvalue weighted by Crippen LogP contribution is 2.45. The van der Waals surface area contributed by atoms with E-state index in [0.29, 0.717) is 0 Å². The molecule has 0 radical (unpaired) electrons. The Morgan fingerprint density at radius 3 is 2.27 bits per heavy atom. The molecule has 3 heterocycles. The average molecular weight is 327 g/mol. The minimum Gasteiger partial charge on any atom is -0.342 e. The molecule has 0 aromatic rings. The first-order valence-corrected chi connectivity index (χ1v) is 7.73. The third-order valence-electron chi connectivity index (χ3n) is 3.97. The molecule has 0 unspecified atom stereocenters. The normalized spacial score (nSPS) is 42.8. The lowest BCUT2D eigenvalue weighted by molar-refractivity contribution is -0.235.